The summed E-state index contributed by atoms with van der Waals surface area (Å²) in [6.07, 6.45) is 8.55. The Kier molecular flexibility index (Phi) is 5.41. The van der Waals surface area contributed by atoms with Gasteiger partial charge in [0.25, 0.3) is 0 Å². The summed E-state index contributed by atoms with van der Waals surface area (Å²) in [5, 5.41) is 4.45. The van der Waals surface area contributed by atoms with E-state index in [0.29, 0.717) is 13.1 Å². The van der Waals surface area contributed by atoms with Crippen LogP contribution in [0.4, 0.5) is 0 Å². The van der Waals surface area contributed by atoms with Crippen molar-refractivity contribution >= 4 is 43.9 Å². The van der Waals surface area contributed by atoms with Crippen LogP contribution in [0, 0.1) is 12.1 Å². The van der Waals surface area contributed by atoms with E-state index < -0.39 is 0 Å². The number of nitrogens with zero attached hydrogens (tertiary/aromatic N) is 4. The Bertz CT molecular complexity index is 2140. The molecule has 2 aromatic heterocycles. The molecule has 0 radical (unpaired) electrons. The second-order valence-electron chi connectivity index (χ2n) is 10.4. The first-order chi connectivity index (χ1) is 19.7. The van der Waals surface area contributed by atoms with Crippen molar-refractivity contribution in [3.05, 3.63) is 133 Å². The first-order valence-corrected chi connectivity index (χ1v) is 13.3. The van der Waals surface area contributed by atoms with Crippen molar-refractivity contribution in [3.63, 3.8) is 0 Å². The third kappa shape index (κ3) is 3.90. The van der Waals surface area contributed by atoms with Gasteiger partial charge in [-0.3, -0.25) is 0 Å². The fourth-order valence-electron chi connectivity index (χ4n) is 5.87. The topological polar surface area (TPSA) is 46.0 Å². The SMILES string of the molecule is [Pt+4].[c-]1cc2c(cc1Cn1cc3ccc4cn(Cc5[c-]cc6c(c5)oc5ccccc56)[cH-]n-4n-3[cH-]1)oc1ccccc12. The number of furan rings is 2. The number of hydrogen-bond acceptors (Lipinski definition) is 2. The van der Waals surface area contributed by atoms with Crippen LogP contribution in [0.5, 0.6) is 0 Å². The minimum absolute atomic E-state index is 0. The van der Waals surface area contributed by atoms with Gasteiger partial charge in [0.2, 0.25) is 0 Å². The predicted octanol–water partition coefficient (Wildman–Crippen LogP) is 7.80. The Morgan fingerprint density at radius 2 is 1.02 bits per heavy atom. The molecule has 6 aromatic rings. The molecule has 3 aliphatic rings. The largest absolute Gasteiger partial charge is 4.00 e. The molecule has 3 aliphatic heterocycles. The average Bonchev–Trinajstić information content (AvgIpc) is 3.74. The average molecular weight is 714 g/mol. The molecule has 0 atom stereocenters. The van der Waals surface area contributed by atoms with Crippen molar-refractivity contribution in [2.45, 2.75) is 13.1 Å². The Hall–Kier alpha value is -4.67. The number of aromatic nitrogens is 4. The molecule has 0 amide bonds. The number of fused-ring (bicyclic) bond motifs is 9. The number of hydrogen-bond donors (Lipinski definition) is 0. The Morgan fingerprint density at radius 1 is 0.561 bits per heavy atom. The van der Waals surface area contributed by atoms with Gasteiger partial charge in [0.05, 0.1) is 0 Å². The molecule has 0 N–H and O–H groups in total. The van der Waals surface area contributed by atoms with E-state index in [1.807, 2.05) is 48.5 Å². The summed E-state index contributed by atoms with van der Waals surface area (Å²) in [5.74, 6) is 0. The molecule has 0 spiro atoms. The van der Waals surface area contributed by atoms with Crippen LogP contribution in [-0.2, 0) is 34.2 Å². The number of imidazole rings is 2. The van der Waals surface area contributed by atoms with E-state index in [1.165, 1.54) is 0 Å². The van der Waals surface area contributed by atoms with Crippen molar-refractivity contribution in [3.8, 4) is 11.4 Å². The molecule has 4 aromatic carbocycles. The molecule has 200 valence electrons. The maximum atomic E-state index is 6.09. The van der Waals surface area contributed by atoms with Crippen LogP contribution < -0.4 is 0 Å². The van der Waals surface area contributed by atoms with Crippen molar-refractivity contribution in [2.24, 2.45) is 0 Å². The van der Waals surface area contributed by atoms with Crippen LogP contribution in [0.1, 0.15) is 11.1 Å². The van der Waals surface area contributed by atoms with Crippen molar-refractivity contribution in [1.82, 2.24) is 18.5 Å². The first-order valence-electron chi connectivity index (χ1n) is 13.3. The zero-order valence-electron chi connectivity index (χ0n) is 21.7. The Balaban J connectivity index is 0.00000256. The second kappa shape index (κ2) is 9.18. The van der Waals surface area contributed by atoms with Crippen LogP contribution in [0.3, 0.4) is 0 Å². The van der Waals surface area contributed by atoms with E-state index in [4.69, 9.17) is 8.83 Å². The molecule has 0 unspecified atom stereocenters. The standard InChI is InChI=1S/C34H22N4O2.Pt/c1-3-7-31-27(5-1)29-13-9-23(15-33(29)39-31)17-35-19-25-11-12-26-20-36(22-38(26)37(25)21-35)18-24-10-14-30-28-6-2-4-8-32(28)40-34(30)16-24;/h1-8,11-16,19-22H,17-18H2;/q-4;+4. The van der Waals surface area contributed by atoms with Gasteiger partial charge in [0.15, 0.2) is 0 Å². The zero-order valence-corrected chi connectivity index (χ0v) is 24.0. The minimum Gasteiger partial charge on any atom is -0.483 e. The molecular formula is C34H22N4O2Pt. The van der Waals surface area contributed by atoms with E-state index in [2.05, 4.69) is 92.1 Å². The van der Waals surface area contributed by atoms with Crippen molar-refractivity contribution < 1.29 is 29.9 Å². The minimum atomic E-state index is 0. The summed E-state index contributed by atoms with van der Waals surface area (Å²) in [7, 11) is 0. The molecule has 0 fully saturated rings. The molecule has 7 heteroatoms. The van der Waals surface area contributed by atoms with Crippen LogP contribution in [0.15, 0.2) is 119 Å². The summed E-state index contributed by atoms with van der Waals surface area (Å²) in [4.78, 5) is 0. The van der Waals surface area contributed by atoms with E-state index >= 15 is 0 Å². The summed E-state index contributed by atoms with van der Waals surface area (Å²) in [6.45, 7) is 1.40. The summed E-state index contributed by atoms with van der Waals surface area (Å²) in [5.41, 5.74) is 7.96. The van der Waals surface area contributed by atoms with Gasteiger partial charge >= 0.3 is 21.1 Å². The summed E-state index contributed by atoms with van der Waals surface area (Å²) >= 11 is 0. The Morgan fingerprint density at radius 3 is 1.51 bits per heavy atom. The monoisotopic (exact) mass is 713 g/mol. The van der Waals surface area contributed by atoms with E-state index in [1.54, 1.807) is 0 Å². The third-order valence-corrected chi connectivity index (χ3v) is 7.74. The number of rotatable bonds is 4. The van der Waals surface area contributed by atoms with E-state index in [-0.39, 0.29) is 21.1 Å². The molecule has 9 rings (SSSR count). The summed E-state index contributed by atoms with van der Waals surface area (Å²) in [6, 6.07) is 35.8. The Labute approximate surface area is 249 Å². The quantitative estimate of drug-likeness (QED) is 0.175. The fraction of sp³-hybridized carbons (Fsp3) is 0.0588. The third-order valence-electron chi connectivity index (χ3n) is 7.74. The van der Waals surface area contributed by atoms with Crippen LogP contribution in [0.25, 0.3) is 55.3 Å². The fourth-order valence-corrected chi connectivity index (χ4v) is 5.87. The molecule has 0 saturated carbocycles. The van der Waals surface area contributed by atoms with Gasteiger partial charge in [-0.2, -0.15) is 24.3 Å². The van der Waals surface area contributed by atoms with Gasteiger partial charge in [-0.05, 0) is 35.6 Å². The molecular weight excluding hydrogens is 691 g/mol. The van der Waals surface area contributed by atoms with E-state index in [0.717, 1.165) is 66.4 Å². The van der Waals surface area contributed by atoms with Gasteiger partial charge in [-0.25, -0.2) is 0 Å². The predicted molar refractivity (Wildman–Crippen MR) is 156 cm³/mol. The molecule has 0 aliphatic carbocycles. The van der Waals surface area contributed by atoms with Crippen LogP contribution in [-0.4, -0.2) is 18.5 Å². The van der Waals surface area contributed by atoms with Gasteiger partial charge in [-0.15, -0.1) is 47.8 Å². The van der Waals surface area contributed by atoms with E-state index in [9.17, 15) is 0 Å². The molecule has 41 heavy (non-hydrogen) atoms. The number of para-hydroxylation sites is 2. The van der Waals surface area contributed by atoms with Crippen molar-refractivity contribution in [2.75, 3.05) is 0 Å². The zero-order chi connectivity index (χ0) is 26.2. The molecule has 0 bridgehead atoms. The maximum Gasteiger partial charge on any atom is 4.00 e. The molecule has 0 saturated heterocycles. The smallest absolute Gasteiger partial charge is 0.483 e. The normalized spacial score (nSPS) is 11.9. The molecule has 6 nitrogen and oxygen atoms in total. The second-order valence-corrected chi connectivity index (χ2v) is 10.4. The van der Waals surface area contributed by atoms with Crippen LogP contribution in [0.2, 0.25) is 0 Å². The van der Waals surface area contributed by atoms with Gasteiger partial charge in [0, 0.05) is 24.3 Å². The first kappa shape index (κ1) is 24.2. The van der Waals surface area contributed by atoms with Crippen LogP contribution >= 0.6 is 0 Å². The summed E-state index contributed by atoms with van der Waals surface area (Å²) < 4.78 is 20.9. The van der Waals surface area contributed by atoms with Gasteiger partial charge in [-0.1, -0.05) is 58.5 Å². The van der Waals surface area contributed by atoms with Gasteiger partial charge in [0.1, 0.15) is 11.2 Å². The molecule has 5 heterocycles. The van der Waals surface area contributed by atoms with Crippen molar-refractivity contribution in [1.29, 1.82) is 0 Å². The van der Waals surface area contributed by atoms with Gasteiger partial charge < -0.3 is 27.3 Å². The number of benzene rings is 4. The maximum absolute atomic E-state index is 6.09.